The minimum atomic E-state index is -0.935. The van der Waals surface area contributed by atoms with Gasteiger partial charge in [-0.25, -0.2) is 4.79 Å². The van der Waals surface area contributed by atoms with Gasteiger partial charge >= 0.3 is 12.0 Å². The molecule has 28 heavy (non-hydrogen) atoms. The number of carbonyl (C=O) groups excluding carboxylic acids is 1. The Morgan fingerprint density at radius 3 is 2.18 bits per heavy atom. The number of hydrogen-bond donors (Lipinski definition) is 3. The molecule has 0 aliphatic heterocycles. The number of unbranched alkanes of at least 4 members (excludes halogenated alkanes) is 4. The first-order valence-electron chi connectivity index (χ1n) is 10.1. The van der Waals surface area contributed by atoms with E-state index in [4.69, 9.17) is 14.6 Å². The highest BCUT2D eigenvalue weighted by atomic mass is 16.5. The van der Waals surface area contributed by atoms with Gasteiger partial charge in [0, 0.05) is 12.6 Å². The number of carbonyl (C=O) groups is 2. The standard InChI is InChI=1S/C21H34N2O5/c1-3-4-5-9-14-27-18-11-6-7-12-19(18)28-15-10-8-13-22-21(26)23-17(2)16-20(24)25/h6-7,11-12,17H,3-5,8-10,13-16H2,1-2H3,(H,24,25)(H2,22,23,26)/t17-/m1/s1. The molecule has 1 aromatic carbocycles. The van der Waals surface area contributed by atoms with Gasteiger partial charge < -0.3 is 25.2 Å². The topological polar surface area (TPSA) is 96.9 Å². The van der Waals surface area contributed by atoms with Crippen LogP contribution in [0.1, 0.15) is 58.8 Å². The highest BCUT2D eigenvalue weighted by Gasteiger charge is 2.10. The molecule has 0 fully saturated rings. The van der Waals surface area contributed by atoms with E-state index >= 15 is 0 Å². The number of carboxylic acid groups (broad SMARTS) is 1. The summed E-state index contributed by atoms with van der Waals surface area (Å²) in [6.07, 6.45) is 6.11. The fourth-order valence-corrected chi connectivity index (χ4v) is 2.60. The molecule has 1 atom stereocenters. The molecule has 0 saturated carbocycles. The Morgan fingerprint density at radius 1 is 1.00 bits per heavy atom. The molecule has 0 bridgehead atoms. The van der Waals surface area contributed by atoms with Gasteiger partial charge in [-0.2, -0.15) is 0 Å². The van der Waals surface area contributed by atoms with Crippen molar-refractivity contribution in [2.45, 2.75) is 64.8 Å². The summed E-state index contributed by atoms with van der Waals surface area (Å²) in [5.74, 6) is 0.574. The van der Waals surface area contributed by atoms with E-state index in [9.17, 15) is 9.59 Å². The second-order valence-corrected chi connectivity index (χ2v) is 6.81. The number of ether oxygens (including phenoxy) is 2. The van der Waals surface area contributed by atoms with E-state index < -0.39 is 12.0 Å². The zero-order chi connectivity index (χ0) is 20.6. The van der Waals surface area contributed by atoms with E-state index in [1.807, 2.05) is 24.3 Å². The third kappa shape index (κ3) is 11.3. The molecule has 158 valence electrons. The van der Waals surface area contributed by atoms with Crippen LogP contribution < -0.4 is 20.1 Å². The van der Waals surface area contributed by atoms with Crippen molar-refractivity contribution >= 4 is 12.0 Å². The Morgan fingerprint density at radius 2 is 1.61 bits per heavy atom. The number of hydrogen-bond acceptors (Lipinski definition) is 4. The number of nitrogens with one attached hydrogen (secondary N) is 2. The largest absolute Gasteiger partial charge is 0.490 e. The summed E-state index contributed by atoms with van der Waals surface area (Å²) < 4.78 is 11.6. The Hall–Kier alpha value is -2.44. The van der Waals surface area contributed by atoms with Crippen LogP contribution in [0.25, 0.3) is 0 Å². The first-order valence-corrected chi connectivity index (χ1v) is 10.1. The fraction of sp³-hybridized carbons (Fsp3) is 0.619. The van der Waals surface area contributed by atoms with Gasteiger partial charge in [0.15, 0.2) is 11.5 Å². The molecule has 1 aromatic rings. The van der Waals surface area contributed by atoms with Crippen molar-refractivity contribution in [3.8, 4) is 11.5 Å². The Balaban J connectivity index is 2.17. The van der Waals surface area contributed by atoms with E-state index in [0.29, 0.717) is 19.8 Å². The number of aliphatic carboxylic acids is 1. The number of rotatable bonds is 15. The molecular weight excluding hydrogens is 360 g/mol. The number of para-hydroxylation sites is 2. The zero-order valence-electron chi connectivity index (χ0n) is 17.0. The third-order valence-corrected chi connectivity index (χ3v) is 4.08. The van der Waals surface area contributed by atoms with Crippen molar-refractivity contribution < 1.29 is 24.2 Å². The molecule has 0 unspecified atom stereocenters. The predicted molar refractivity (Wildman–Crippen MR) is 109 cm³/mol. The number of amides is 2. The SMILES string of the molecule is CCCCCCOc1ccccc1OCCCCNC(=O)N[C@H](C)CC(=O)O. The normalized spacial score (nSPS) is 11.5. The van der Waals surface area contributed by atoms with Crippen molar-refractivity contribution in [3.63, 3.8) is 0 Å². The van der Waals surface area contributed by atoms with Crippen LogP contribution in [0.3, 0.4) is 0 Å². The molecular formula is C21H34N2O5. The molecule has 0 aliphatic rings. The lowest BCUT2D eigenvalue weighted by Gasteiger charge is -2.13. The monoisotopic (exact) mass is 394 g/mol. The fourth-order valence-electron chi connectivity index (χ4n) is 2.60. The average Bonchev–Trinajstić information content (AvgIpc) is 2.64. The number of urea groups is 1. The highest BCUT2D eigenvalue weighted by Crippen LogP contribution is 2.26. The van der Waals surface area contributed by atoms with Gasteiger partial charge in [-0.1, -0.05) is 38.3 Å². The number of benzene rings is 1. The zero-order valence-corrected chi connectivity index (χ0v) is 17.0. The maximum absolute atomic E-state index is 11.6. The quantitative estimate of drug-likeness (QED) is 0.391. The highest BCUT2D eigenvalue weighted by molar-refractivity contribution is 5.75. The molecule has 1 rings (SSSR count). The van der Waals surface area contributed by atoms with Crippen LogP contribution in [0.15, 0.2) is 24.3 Å². The second kappa shape index (κ2) is 14.6. The molecule has 7 heteroatoms. The van der Waals surface area contributed by atoms with Gasteiger partial charge in [0.1, 0.15) is 0 Å². The summed E-state index contributed by atoms with van der Waals surface area (Å²) in [6.45, 7) is 5.58. The summed E-state index contributed by atoms with van der Waals surface area (Å²) in [5, 5.41) is 14.0. The van der Waals surface area contributed by atoms with Gasteiger partial charge in [0.25, 0.3) is 0 Å². The van der Waals surface area contributed by atoms with Gasteiger partial charge in [0.2, 0.25) is 0 Å². The molecule has 0 saturated heterocycles. The maximum atomic E-state index is 11.6. The molecule has 0 radical (unpaired) electrons. The van der Waals surface area contributed by atoms with E-state index in [1.165, 1.54) is 19.3 Å². The minimum absolute atomic E-state index is 0.0959. The first kappa shape index (κ1) is 23.6. The van der Waals surface area contributed by atoms with Gasteiger partial charge in [0.05, 0.1) is 19.6 Å². The molecule has 0 heterocycles. The van der Waals surface area contributed by atoms with E-state index in [2.05, 4.69) is 17.6 Å². The van der Waals surface area contributed by atoms with Crippen LogP contribution in [-0.4, -0.2) is 42.9 Å². The van der Waals surface area contributed by atoms with Crippen LogP contribution in [0.4, 0.5) is 4.79 Å². The van der Waals surface area contributed by atoms with Crippen LogP contribution in [-0.2, 0) is 4.79 Å². The Kier molecular flexibility index (Phi) is 12.3. The summed E-state index contributed by atoms with van der Waals surface area (Å²) in [4.78, 5) is 22.2. The van der Waals surface area contributed by atoms with E-state index in [-0.39, 0.29) is 12.5 Å². The summed E-state index contributed by atoms with van der Waals surface area (Å²) in [6, 6.07) is 6.91. The molecule has 7 nitrogen and oxygen atoms in total. The summed E-state index contributed by atoms with van der Waals surface area (Å²) >= 11 is 0. The summed E-state index contributed by atoms with van der Waals surface area (Å²) in [5.41, 5.74) is 0. The predicted octanol–water partition coefficient (Wildman–Crippen LogP) is 3.97. The lowest BCUT2D eigenvalue weighted by molar-refractivity contribution is -0.137. The van der Waals surface area contributed by atoms with Crippen molar-refractivity contribution in [1.29, 1.82) is 0 Å². The smallest absolute Gasteiger partial charge is 0.315 e. The first-order chi connectivity index (χ1) is 13.5. The average molecular weight is 395 g/mol. The van der Waals surface area contributed by atoms with Crippen molar-refractivity contribution in [3.05, 3.63) is 24.3 Å². The summed E-state index contributed by atoms with van der Waals surface area (Å²) in [7, 11) is 0. The van der Waals surface area contributed by atoms with Gasteiger partial charge in [-0.3, -0.25) is 4.79 Å². The Bertz CT molecular complexity index is 580. The van der Waals surface area contributed by atoms with Crippen molar-refractivity contribution in [2.75, 3.05) is 19.8 Å². The van der Waals surface area contributed by atoms with E-state index in [0.717, 1.165) is 30.8 Å². The second-order valence-electron chi connectivity index (χ2n) is 6.81. The molecule has 0 spiro atoms. The minimum Gasteiger partial charge on any atom is -0.490 e. The van der Waals surface area contributed by atoms with Crippen LogP contribution >= 0.6 is 0 Å². The lowest BCUT2D eigenvalue weighted by Crippen LogP contribution is -2.41. The van der Waals surface area contributed by atoms with E-state index in [1.54, 1.807) is 6.92 Å². The Labute approximate surface area is 167 Å². The van der Waals surface area contributed by atoms with Crippen LogP contribution in [0, 0.1) is 0 Å². The van der Waals surface area contributed by atoms with Crippen molar-refractivity contribution in [1.82, 2.24) is 10.6 Å². The molecule has 3 N–H and O–H groups in total. The number of carboxylic acids is 1. The van der Waals surface area contributed by atoms with Gasteiger partial charge in [-0.05, 0) is 38.3 Å². The molecule has 0 aliphatic carbocycles. The lowest BCUT2D eigenvalue weighted by atomic mass is 10.2. The third-order valence-electron chi connectivity index (χ3n) is 4.08. The van der Waals surface area contributed by atoms with Crippen LogP contribution in [0.2, 0.25) is 0 Å². The molecule has 2 amide bonds. The maximum Gasteiger partial charge on any atom is 0.315 e. The van der Waals surface area contributed by atoms with Crippen molar-refractivity contribution in [2.24, 2.45) is 0 Å². The molecule has 0 aromatic heterocycles. The van der Waals surface area contributed by atoms with Gasteiger partial charge in [-0.15, -0.1) is 0 Å². The van der Waals surface area contributed by atoms with Crippen LogP contribution in [0.5, 0.6) is 11.5 Å².